The zero-order valence-corrected chi connectivity index (χ0v) is 22.0. The lowest BCUT2D eigenvalue weighted by molar-refractivity contribution is 0.489. The molecule has 41 heavy (non-hydrogen) atoms. The molecule has 1 aliphatic heterocycles. The molecule has 2 heterocycles. The van der Waals surface area contributed by atoms with Gasteiger partial charge in [0, 0.05) is 33.2 Å². The minimum absolute atomic E-state index is 0.635. The molecule has 8 rings (SSSR count). The summed E-state index contributed by atoms with van der Waals surface area (Å²) in [5, 5.41) is 2.34. The van der Waals surface area contributed by atoms with Gasteiger partial charge in [-0.1, -0.05) is 133 Å². The van der Waals surface area contributed by atoms with Crippen LogP contribution in [0.4, 0.5) is 0 Å². The smallest absolute Gasteiger partial charge is 0.164 e. The van der Waals surface area contributed by atoms with Gasteiger partial charge in [0.2, 0.25) is 0 Å². The van der Waals surface area contributed by atoms with Gasteiger partial charge in [-0.2, -0.15) is 0 Å². The fourth-order valence-corrected chi connectivity index (χ4v) is 5.55. The minimum Gasteiger partial charge on any atom is -0.455 e. The predicted molar refractivity (Wildman–Crippen MR) is 165 cm³/mol. The van der Waals surface area contributed by atoms with E-state index >= 15 is 0 Å². The number of para-hydroxylation sites is 1. The Hall–Kier alpha value is -5.61. The fourth-order valence-electron chi connectivity index (χ4n) is 5.55. The first-order valence-corrected chi connectivity index (χ1v) is 13.6. The molecule has 0 atom stereocenters. The SMILES string of the molecule is c1ccc(-c2nc(-c3ccccc3)nc(-c3ccc(-c4cccc5c4Oc4cccc6cccc-5c46)cc3)n2)cc1. The second-order valence-electron chi connectivity index (χ2n) is 10.1. The molecule has 0 unspecified atom stereocenters. The molecule has 1 aromatic heterocycles. The fraction of sp³-hybridized carbons (Fsp3) is 0. The summed E-state index contributed by atoms with van der Waals surface area (Å²) in [5.74, 6) is 3.70. The van der Waals surface area contributed by atoms with E-state index in [4.69, 9.17) is 19.7 Å². The summed E-state index contributed by atoms with van der Waals surface area (Å²) in [5.41, 5.74) is 7.25. The summed E-state index contributed by atoms with van der Waals surface area (Å²) in [7, 11) is 0. The van der Waals surface area contributed by atoms with Crippen LogP contribution in [0.15, 0.2) is 140 Å². The van der Waals surface area contributed by atoms with Crippen molar-refractivity contribution in [1.82, 2.24) is 15.0 Å². The lowest BCUT2D eigenvalue weighted by atomic mass is 9.91. The highest BCUT2D eigenvalue weighted by Crippen LogP contribution is 2.50. The largest absolute Gasteiger partial charge is 0.455 e. The van der Waals surface area contributed by atoms with Crippen molar-refractivity contribution in [3.05, 3.63) is 140 Å². The maximum atomic E-state index is 6.55. The lowest BCUT2D eigenvalue weighted by Crippen LogP contribution is -2.00. The Bertz CT molecular complexity index is 1990. The van der Waals surface area contributed by atoms with Crippen LogP contribution in [0.25, 0.3) is 67.2 Å². The first kappa shape index (κ1) is 23.3. The summed E-state index contributed by atoms with van der Waals surface area (Å²) in [4.78, 5) is 14.6. The molecule has 6 aromatic carbocycles. The number of ether oxygens (including phenoxy) is 1. The van der Waals surface area contributed by atoms with E-state index in [9.17, 15) is 0 Å². The first-order valence-electron chi connectivity index (χ1n) is 13.6. The van der Waals surface area contributed by atoms with Crippen molar-refractivity contribution in [2.75, 3.05) is 0 Å². The molecule has 4 nitrogen and oxygen atoms in total. The predicted octanol–water partition coefficient (Wildman–Crippen LogP) is 9.47. The quantitative estimate of drug-likeness (QED) is 0.230. The third kappa shape index (κ3) is 4.05. The Morgan fingerprint density at radius 3 is 1.49 bits per heavy atom. The van der Waals surface area contributed by atoms with E-state index in [2.05, 4.69) is 66.7 Å². The molecule has 0 radical (unpaired) electrons. The van der Waals surface area contributed by atoms with Crippen LogP contribution < -0.4 is 4.74 Å². The molecule has 0 bridgehead atoms. The van der Waals surface area contributed by atoms with Crippen LogP contribution in [-0.2, 0) is 0 Å². The number of hydrogen-bond donors (Lipinski definition) is 0. The summed E-state index contributed by atoms with van der Waals surface area (Å²) in [6.45, 7) is 0. The van der Waals surface area contributed by atoms with E-state index in [1.807, 2.05) is 72.8 Å². The maximum Gasteiger partial charge on any atom is 0.164 e. The van der Waals surface area contributed by atoms with Gasteiger partial charge in [0.05, 0.1) is 0 Å². The van der Waals surface area contributed by atoms with E-state index < -0.39 is 0 Å². The van der Waals surface area contributed by atoms with Gasteiger partial charge in [-0.25, -0.2) is 15.0 Å². The van der Waals surface area contributed by atoms with Gasteiger partial charge >= 0.3 is 0 Å². The molecular weight excluding hydrogens is 502 g/mol. The van der Waals surface area contributed by atoms with Crippen molar-refractivity contribution in [3.8, 4) is 67.9 Å². The van der Waals surface area contributed by atoms with Crippen LogP contribution >= 0.6 is 0 Å². The van der Waals surface area contributed by atoms with Crippen LogP contribution in [0, 0.1) is 0 Å². The Kier molecular flexibility index (Phi) is 5.42. The number of rotatable bonds is 4. The molecule has 4 heteroatoms. The van der Waals surface area contributed by atoms with Gasteiger partial charge in [0.15, 0.2) is 17.5 Å². The molecule has 0 spiro atoms. The number of benzene rings is 6. The number of nitrogens with zero attached hydrogens (tertiary/aromatic N) is 3. The van der Waals surface area contributed by atoms with Crippen molar-refractivity contribution in [2.24, 2.45) is 0 Å². The van der Waals surface area contributed by atoms with Crippen LogP contribution in [0.2, 0.25) is 0 Å². The highest BCUT2D eigenvalue weighted by atomic mass is 16.5. The summed E-state index contributed by atoms with van der Waals surface area (Å²) < 4.78 is 6.55. The molecule has 1 aliphatic rings. The van der Waals surface area contributed by atoms with Gasteiger partial charge in [0.1, 0.15) is 11.5 Å². The molecule has 192 valence electrons. The molecule has 7 aromatic rings. The number of hydrogen-bond acceptors (Lipinski definition) is 4. The highest BCUT2D eigenvalue weighted by molar-refractivity contribution is 6.05. The Morgan fingerprint density at radius 1 is 0.366 bits per heavy atom. The van der Waals surface area contributed by atoms with Gasteiger partial charge < -0.3 is 4.74 Å². The maximum absolute atomic E-state index is 6.55. The van der Waals surface area contributed by atoms with Crippen molar-refractivity contribution < 1.29 is 4.74 Å². The van der Waals surface area contributed by atoms with Gasteiger partial charge in [-0.3, -0.25) is 0 Å². The lowest BCUT2D eigenvalue weighted by Gasteiger charge is -2.23. The first-order chi connectivity index (χ1) is 20.3. The van der Waals surface area contributed by atoms with Gasteiger partial charge in [-0.05, 0) is 22.6 Å². The average molecular weight is 526 g/mol. The van der Waals surface area contributed by atoms with E-state index in [1.165, 1.54) is 10.9 Å². The van der Waals surface area contributed by atoms with Crippen molar-refractivity contribution in [3.63, 3.8) is 0 Å². The van der Waals surface area contributed by atoms with Crippen LogP contribution in [0.5, 0.6) is 11.5 Å². The molecular formula is C37H23N3O. The molecule has 0 N–H and O–H groups in total. The number of aromatic nitrogens is 3. The topological polar surface area (TPSA) is 47.9 Å². The van der Waals surface area contributed by atoms with Gasteiger partial charge in [-0.15, -0.1) is 0 Å². The highest BCUT2D eigenvalue weighted by Gasteiger charge is 2.22. The van der Waals surface area contributed by atoms with Crippen molar-refractivity contribution >= 4 is 10.8 Å². The monoisotopic (exact) mass is 525 g/mol. The summed E-state index contributed by atoms with van der Waals surface area (Å²) in [6, 6.07) is 47.4. The zero-order chi connectivity index (χ0) is 27.2. The van der Waals surface area contributed by atoms with Gasteiger partial charge in [0.25, 0.3) is 0 Å². The molecule has 0 saturated carbocycles. The van der Waals surface area contributed by atoms with E-state index in [0.717, 1.165) is 50.3 Å². The normalized spacial score (nSPS) is 11.6. The summed E-state index contributed by atoms with van der Waals surface area (Å²) in [6.07, 6.45) is 0. The molecule has 0 saturated heterocycles. The third-order valence-corrected chi connectivity index (χ3v) is 7.54. The second kappa shape index (κ2) is 9.54. The van der Waals surface area contributed by atoms with Crippen molar-refractivity contribution in [2.45, 2.75) is 0 Å². The minimum atomic E-state index is 0.635. The van der Waals surface area contributed by atoms with E-state index in [-0.39, 0.29) is 0 Å². The van der Waals surface area contributed by atoms with E-state index in [0.29, 0.717) is 17.5 Å². The molecule has 0 amide bonds. The average Bonchev–Trinajstić information content (AvgIpc) is 3.05. The second-order valence-corrected chi connectivity index (χ2v) is 10.1. The number of fused-ring (bicyclic) bond motifs is 2. The van der Waals surface area contributed by atoms with Crippen LogP contribution in [-0.4, -0.2) is 15.0 Å². The Morgan fingerprint density at radius 2 is 0.854 bits per heavy atom. The van der Waals surface area contributed by atoms with Crippen molar-refractivity contribution in [1.29, 1.82) is 0 Å². The Labute approximate surface area is 237 Å². The van der Waals surface area contributed by atoms with Crippen LogP contribution in [0.1, 0.15) is 0 Å². The third-order valence-electron chi connectivity index (χ3n) is 7.54. The Balaban J connectivity index is 1.22. The zero-order valence-electron chi connectivity index (χ0n) is 22.0. The van der Waals surface area contributed by atoms with E-state index in [1.54, 1.807) is 0 Å². The standard InChI is InChI=1S/C37H23N3O/c1-3-10-26(11-4-1)35-38-36(27-12-5-2-6-13-27)40-37(39-35)28-22-20-24(21-23-28)29-16-9-18-31-30-17-7-14-25-15-8-19-32(33(25)30)41-34(29)31/h1-23H. The summed E-state index contributed by atoms with van der Waals surface area (Å²) >= 11 is 0. The molecule has 0 fully saturated rings. The van der Waals surface area contributed by atoms with Crippen LogP contribution in [0.3, 0.4) is 0 Å². The molecule has 0 aliphatic carbocycles.